The van der Waals surface area contributed by atoms with E-state index in [0.717, 1.165) is 32.1 Å². The molecule has 0 aromatic rings. The Bertz CT molecular complexity index is 286. The van der Waals surface area contributed by atoms with E-state index < -0.39 is 12.0 Å². The number of carbonyl (C=O) groups is 2. The largest absolute Gasteiger partial charge is 0.481 e. The molecule has 1 amide bonds. The van der Waals surface area contributed by atoms with Crippen LogP contribution in [0.2, 0.25) is 0 Å². The van der Waals surface area contributed by atoms with E-state index in [4.69, 9.17) is 10.8 Å². The van der Waals surface area contributed by atoms with Crippen LogP contribution in [0.4, 0.5) is 0 Å². The minimum Gasteiger partial charge on any atom is -0.481 e. The number of carbonyl (C=O) groups excluding carboxylic acids is 1. The molecule has 1 rings (SSSR count). The zero-order valence-corrected chi connectivity index (χ0v) is 11.0. The van der Waals surface area contributed by atoms with E-state index in [2.05, 4.69) is 5.32 Å². The summed E-state index contributed by atoms with van der Waals surface area (Å²) >= 11 is 0. The Morgan fingerprint density at radius 3 is 2.44 bits per heavy atom. The maximum absolute atomic E-state index is 11.6. The van der Waals surface area contributed by atoms with Crippen LogP contribution in [-0.4, -0.2) is 29.6 Å². The molecule has 0 bridgehead atoms. The molecule has 0 spiro atoms. The summed E-state index contributed by atoms with van der Waals surface area (Å²) in [6.07, 6.45) is 4.80. The maximum atomic E-state index is 11.6. The van der Waals surface area contributed by atoms with E-state index in [1.807, 2.05) is 6.92 Å². The first kappa shape index (κ1) is 15.0. The number of hydrogen-bond donors (Lipinski definition) is 3. The molecule has 1 aliphatic carbocycles. The molecule has 1 saturated carbocycles. The lowest BCUT2D eigenvalue weighted by Crippen LogP contribution is -2.42. The molecule has 0 radical (unpaired) electrons. The van der Waals surface area contributed by atoms with Gasteiger partial charge in [0.05, 0.1) is 12.0 Å². The summed E-state index contributed by atoms with van der Waals surface area (Å²) in [6, 6.07) is -0.412. The van der Waals surface area contributed by atoms with Crippen LogP contribution in [-0.2, 0) is 9.59 Å². The van der Waals surface area contributed by atoms with Crippen molar-refractivity contribution in [2.75, 3.05) is 6.54 Å². The minimum absolute atomic E-state index is 0.0859. The summed E-state index contributed by atoms with van der Waals surface area (Å²) in [5.41, 5.74) is 5.72. The van der Waals surface area contributed by atoms with Crippen LogP contribution in [0.25, 0.3) is 0 Å². The average Bonchev–Trinajstić information content (AvgIpc) is 2.36. The summed E-state index contributed by atoms with van der Waals surface area (Å²) in [5.74, 6) is -0.572. The van der Waals surface area contributed by atoms with Crippen molar-refractivity contribution in [3.8, 4) is 0 Å². The lowest BCUT2D eigenvalue weighted by molar-refractivity contribution is -0.143. The van der Waals surface area contributed by atoms with Crippen molar-refractivity contribution >= 4 is 11.9 Å². The maximum Gasteiger partial charge on any atom is 0.306 e. The fourth-order valence-corrected chi connectivity index (χ4v) is 2.43. The molecule has 18 heavy (non-hydrogen) atoms. The summed E-state index contributed by atoms with van der Waals surface area (Å²) in [7, 11) is 0. The van der Waals surface area contributed by atoms with Crippen LogP contribution in [0, 0.1) is 11.8 Å². The van der Waals surface area contributed by atoms with Gasteiger partial charge in [-0.25, -0.2) is 0 Å². The standard InChI is InChI=1S/C13H24N2O3/c1-2-3-11(14)12(16)15-8-9-4-6-10(7-5-9)13(17)18/h9-11H,2-8,14H2,1H3,(H,15,16)(H,17,18)/t9?,10?,11-/m0/s1. The van der Waals surface area contributed by atoms with Crippen molar-refractivity contribution in [2.24, 2.45) is 17.6 Å². The van der Waals surface area contributed by atoms with Gasteiger partial charge in [-0.05, 0) is 38.0 Å². The monoisotopic (exact) mass is 256 g/mol. The Kier molecular flexibility index (Phi) is 6.12. The quantitative estimate of drug-likeness (QED) is 0.664. The zero-order chi connectivity index (χ0) is 13.5. The summed E-state index contributed by atoms with van der Waals surface area (Å²) in [5, 5.41) is 11.8. The van der Waals surface area contributed by atoms with Crippen LogP contribution < -0.4 is 11.1 Å². The van der Waals surface area contributed by atoms with Gasteiger partial charge in [-0.3, -0.25) is 9.59 Å². The van der Waals surface area contributed by atoms with Crippen molar-refractivity contribution in [3.05, 3.63) is 0 Å². The highest BCUT2D eigenvalue weighted by molar-refractivity contribution is 5.81. The van der Waals surface area contributed by atoms with Gasteiger partial charge in [0.25, 0.3) is 0 Å². The van der Waals surface area contributed by atoms with Gasteiger partial charge in [-0.2, -0.15) is 0 Å². The first-order valence-electron chi connectivity index (χ1n) is 6.80. The molecule has 1 fully saturated rings. The third-order valence-electron chi connectivity index (χ3n) is 3.70. The predicted molar refractivity (Wildman–Crippen MR) is 69.0 cm³/mol. The van der Waals surface area contributed by atoms with Gasteiger partial charge in [0, 0.05) is 6.54 Å². The highest BCUT2D eigenvalue weighted by Gasteiger charge is 2.26. The smallest absolute Gasteiger partial charge is 0.306 e. The van der Waals surface area contributed by atoms with Crippen LogP contribution >= 0.6 is 0 Å². The molecule has 0 aliphatic heterocycles. The fourth-order valence-electron chi connectivity index (χ4n) is 2.43. The normalized spacial score (nSPS) is 25.4. The molecule has 4 N–H and O–H groups in total. The number of carboxylic acid groups (broad SMARTS) is 1. The van der Waals surface area contributed by atoms with Gasteiger partial charge in [-0.15, -0.1) is 0 Å². The third-order valence-corrected chi connectivity index (χ3v) is 3.70. The van der Waals surface area contributed by atoms with Crippen molar-refractivity contribution in [1.82, 2.24) is 5.32 Å². The zero-order valence-electron chi connectivity index (χ0n) is 11.0. The van der Waals surface area contributed by atoms with Gasteiger partial charge in [0.15, 0.2) is 0 Å². The van der Waals surface area contributed by atoms with Crippen LogP contribution in [0.5, 0.6) is 0 Å². The van der Waals surface area contributed by atoms with Gasteiger partial charge >= 0.3 is 5.97 Å². The Morgan fingerprint density at radius 2 is 1.94 bits per heavy atom. The Morgan fingerprint density at radius 1 is 1.33 bits per heavy atom. The second-order valence-corrected chi connectivity index (χ2v) is 5.20. The first-order chi connectivity index (χ1) is 8.54. The molecular weight excluding hydrogens is 232 g/mol. The number of aliphatic carboxylic acids is 1. The molecule has 1 atom stereocenters. The van der Waals surface area contributed by atoms with E-state index in [-0.39, 0.29) is 11.8 Å². The number of carboxylic acids is 1. The number of rotatable bonds is 6. The second-order valence-electron chi connectivity index (χ2n) is 5.20. The van der Waals surface area contributed by atoms with E-state index in [1.165, 1.54) is 0 Å². The molecule has 5 nitrogen and oxygen atoms in total. The summed E-state index contributed by atoms with van der Waals surface area (Å²) in [6.45, 7) is 2.63. The fraction of sp³-hybridized carbons (Fsp3) is 0.846. The van der Waals surface area contributed by atoms with Crippen molar-refractivity contribution in [2.45, 2.75) is 51.5 Å². The molecule has 0 aromatic carbocycles. The molecule has 0 saturated heterocycles. The van der Waals surface area contributed by atoms with E-state index in [0.29, 0.717) is 18.9 Å². The molecule has 0 heterocycles. The van der Waals surface area contributed by atoms with Gasteiger partial charge < -0.3 is 16.2 Å². The first-order valence-corrected chi connectivity index (χ1v) is 6.80. The summed E-state index contributed by atoms with van der Waals surface area (Å²) < 4.78 is 0. The topological polar surface area (TPSA) is 92.4 Å². The molecule has 104 valence electrons. The lowest BCUT2D eigenvalue weighted by Gasteiger charge is -2.26. The Balaban J connectivity index is 2.21. The van der Waals surface area contributed by atoms with Gasteiger partial charge in [-0.1, -0.05) is 13.3 Å². The van der Waals surface area contributed by atoms with Crippen LogP contribution in [0.3, 0.4) is 0 Å². The van der Waals surface area contributed by atoms with Crippen molar-refractivity contribution < 1.29 is 14.7 Å². The average molecular weight is 256 g/mol. The van der Waals surface area contributed by atoms with Crippen molar-refractivity contribution in [1.29, 1.82) is 0 Å². The van der Waals surface area contributed by atoms with E-state index in [9.17, 15) is 9.59 Å². The highest BCUT2D eigenvalue weighted by atomic mass is 16.4. The summed E-state index contributed by atoms with van der Waals surface area (Å²) in [4.78, 5) is 22.4. The molecular formula is C13H24N2O3. The Labute approximate surface area is 108 Å². The van der Waals surface area contributed by atoms with E-state index >= 15 is 0 Å². The second kappa shape index (κ2) is 7.36. The predicted octanol–water partition coefficient (Wildman–Crippen LogP) is 1.12. The minimum atomic E-state index is -0.692. The van der Waals surface area contributed by atoms with Crippen LogP contribution in [0.15, 0.2) is 0 Å². The molecule has 0 aromatic heterocycles. The van der Waals surface area contributed by atoms with Crippen LogP contribution in [0.1, 0.15) is 45.4 Å². The Hall–Kier alpha value is -1.10. The number of amides is 1. The SMILES string of the molecule is CCC[C@H](N)C(=O)NCC1CCC(C(=O)O)CC1. The molecule has 5 heteroatoms. The van der Waals surface area contributed by atoms with E-state index in [1.54, 1.807) is 0 Å². The highest BCUT2D eigenvalue weighted by Crippen LogP contribution is 2.28. The number of nitrogens with two attached hydrogens (primary N) is 1. The lowest BCUT2D eigenvalue weighted by atomic mass is 9.82. The third kappa shape index (κ3) is 4.64. The number of nitrogens with one attached hydrogen (secondary N) is 1. The molecule has 1 aliphatic rings. The van der Waals surface area contributed by atoms with Gasteiger partial charge in [0.2, 0.25) is 5.91 Å². The van der Waals surface area contributed by atoms with Gasteiger partial charge in [0.1, 0.15) is 0 Å². The van der Waals surface area contributed by atoms with Crippen molar-refractivity contribution in [3.63, 3.8) is 0 Å². The molecule has 0 unspecified atom stereocenters. The number of hydrogen-bond acceptors (Lipinski definition) is 3.